The Morgan fingerprint density at radius 2 is 1.79 bits per heavy atom. The van der Waals surface area contributed by atoms with Gasteiger partial charge in [0.15, 0.2) is 11.5 Å². The molecule has 1 amide bonds. The van der Waals surface area contributed by atoms with E-state index in [1.807, 2.05) is 30.1 Å². The number of amides is 1. The van der Waals surface area contributed by atoms with Gasteiger partial charge < -0.3 is 19.3 Å². The molecule has 5 heteroatoms. The number of likely N-dealkylation sites (tertiary alicyclic amines) is 1. The number of methoxy groups -OCH3 is 2. The highest BCUT2D eigenvalue weighted by atomic mass is 16.5. The molecule has 0 unspecified atom stereocenters. The number of hydrogen-bond donors (Lipinski definition) is 0. The average molecular weight is 332 g/mol. The fourth-order valence-corrected chi connectivity index (χ4v) is 3.77. The lowest BCUT2D eigenvalue weighted by Crippen LogP contribution is -2.47. The van der Waals surface area contributed by atoms with Gasteiger partial charge in [-0.05, 0) is 63.5 Å². The highest BCUT2D eigenvalue weighted by Gasteiger charge is 2.53. The number of benzene rings is 1. The molecule has 0 atom stereocenters. The number of nitrogens with zero attached hydrogens (tertiary/aromatic N) is 2. The van der Waals surface area contributed by atoms with Crippen LogP contribution in [0.5, 0.6) is 11.5 Å². The zero-order chi connectivity index (χ0) is 17.3. The minimum Gasteiger partial charge on any atom is -0.493 e. The Morgan fingerprint density at radius 3 is 2.33 bits per heavy atom. The van der Waals surface area contributed by atoms with E-state index in [-0.39, 0.29) is 11.3 Å². The standard InChI is InChI=1S/C19H28N2O3/c1-20-11-7-15(8-12-20)21(2)18(22)19(9-10-19)14-5-6-16(23-3)17(13-14)24-4/h5-6,13,15H,7-12H2,1-4H3. The van der Waals surface area contributed by atoms with Crippen LogP contribution in [0.25, 0.3) is 0 Å². The Balaban J connectivity index is 1.79. The number of hydrogen-bond acceptors (Lipinski definition) is 4. The second kappa shape index (κ2) is 6.63. The Morgan fingerprint density at radius 1 is 1.17 bits per heavy atom. The maximum atomic E-state index is 13.2. The van der Waals surface area contributed by atoms with Crippen LogP contribution in [0.15, 0.2) is 18.2 Å². The number of rotatable bonds is 5. The molecule has 1 aromatic rings. The molecule has 3 rings (SSSR count). The van der Waals surface area contributed by atoms with Gasteiger partial charge in [-0.2, -0.15) is 0 Å². The SMILES string of the molecule is COc1ccc(C2(C(=O)N(C)C3CCN(C)CC3)CC2)cc1OC. The Bertz CT molecular complexity index is 605. The van der Waals surface area contributed by atoms with Crippen LogP contribution in [0.3, 0.4) is 0 Å². The molecule has 1 saturated carbocycles. The smallest absolute Gasteiger partial charge is 0.233 e. The quantitative estimate of drug-likeness (QED) is 0.830. The van der Waals surface area contributed by atoms with Crippen molar-refractivity contribution in [3.63, 3.8) is 0 Å². The predicted molar refractivity (Wildman–Crippen MR) is 93.7 cm³/mol. The number of carbonyl (C=O) groups excluding carboxylic acids is 1. The van der Waals surface area contributed by atoms with E-state index in [4.69, 9.17) is 9.47 Å². The van der Waals surface area contributed by atoms with Gasteiger partial charge in [0.05, 0.1) is 19.6 Å². The summed E-state index contributed by atoms with van der Waals surface area (Å²) in [7, 11) is 7.38. The number of likely N-dealkylation sites (N-methyl/N-ethyl adjacent to an activating group) is 1. The fraction of sp³-hybridized carbons (Fsp3) is 0.632. The van der Waals surface area contributed by atoms with Gasteiger partial charge in [0, 0.05) is 13.1 Å². The maximum Gasteiger partial charge on any atom is 0.233 e. The molecule has 0 radical (unpaired) electrons. The monoisotopic (exact) mass is 332 g/mol. The van der Waals surface area contributed by atoms with Gasteiger partial charge in [-0.1, -0.05) is 6.07 Å². The number of ether oxygens (including phenoxy) is 2. The van der Waals surface area contributed by atoms with E-state index < -0.39 is 0 Å². The maximum absolute atomic E-state index is 13.2. The van der Waals surface area contributed by atoms with E-state index in [0.717, 1.165) is 44.3 Å². The largest absolute Gasteiger partial charge is 0.493 e. The van der Waals surface area contributed by atoms with E-state index in [1.165, 1.54) is 0 Å². The van der Waals surface area contributed by atoms with E-state index in [1.54, 1.807) is 14.2 Å². The molecule has 24 heavy (non-hydrogen) atoms. The zero-order valence-corrected chi connectivity index (χ0v) is 15.2. The van der Waals surface area contributed by atoms with E-state index >= 15 is 0 Å². The number of piperidine rings is 1. The molecular weight excluding hydrogens is 304 g/mol. The highest BCUT2D eigenvalue weighted by molar-refractivity contribution is 5.91. The van der Waals surface area contributed by atoms with Gasteiger partial charge in [-0.25, -0.2) is 0 Å². The van der Waals surface area contributed by atoms with Crippen molar-refractivity contribution in [3.8, 4) is 11.5 Å². The first-order valence-electron chi connectivity index (χ1n) is 8.70. The zero-order valence-electron chi connectivity index (χ0n) is 15.2. The van der Waals surface area contributed by atoms with Crippen LogP contribution in [-0.2, 0) is 10.2 Å². The van der Waals surface area contributed by atoms with Gasteiger partial charge in [-0.3, -0.25) is 4.79 Å². The first kappa shape index (κ1) is 17.1. The molecule has 5 nitrogen and oxygen atoms in total. The van der Waals surface area contributed by atoms with Gasteiger partial charge >= 0.3 is 0 Å². The lowest BCUT2D eigenvalue weighted by atomic mass is 9.92. The van der Waals surface area contributed by atoms with Crippen molar-refractivity contribution in [3.05, 3.63) is 23.8 Å². The lowest BCUT2D eigenvalue weighted by Gasteiger charge is -2.37. The molecule has 1 aromatic carbocycles. The summed E-state index contributed by atoms with van der Waals surface area (Å²) in [5, 5.41) is 0. The molecule has 1 aliphatic heterocycles. The normalized spacial score (nSPS) is 20.5. The summed E-state index contributed by atoms with van der Waals surface area (Å²) in [6, 6.07) is 6.23. The highest BCUT2D eigenvalue weighted by Crippen LogP contribution is 2.51. The lowest BCUT2D eigenvalue weighted by molar-refractivity contribution is -0.135. The summed E-state index contributed by atoms with van der Waals surface area (Å²) in [6.07, 6.45) is 3.94. The van der Waals surface area contributed by atoms with Crippen LogP contribution in [0.1, 0.15) is 31.2 Å². The summed E-state index contributed by atoms with van der Waals surface area (Å²) in [5.74, 6) is 1.65. The Hall–Kier alpha value is -1.75. The minimum atomic E-state index is -0.363. The molecule has 0 N–H and O–H groups in total. The van der Waals surface area contributed by atoms with Crippen LogP contribution < -0.4 is 9.47 Å². The summed E-state index contributed by atoms with van der Waals surface area (Å²) in [4.78, 5) is 17.5. The Labute approximate surface area is 144 Å². The van der Waals surface area contributed by atoms with Crippen molar-refractivity contribution in [1.29, 1.82) is 0 Å². The molecule has 0 aromatic heterocycles. The second-order valence-corrected chi connectivity index (χ2v) is 7.10. The summed E-state index contributed by atoms with van der Waals surface area (Å²) >= 11 is 0. The van der Waals surface area contributed by atoms with Gasteiger partial charge in [-0.15, -0.1) is 0 Å². The molecule has 132 valence electrons. The van der Waals surface area contributed by atoms with E-state index in [2.05, 4.69) is 11.9 Å². The van der Waals surface area contributed by atoms with E-state index in [0.29, 0.717) is 17.5 Å². The van der Waals surface area contributed by atoms with Crippen LogP contribution >= 0.6 is 0 Å². The molecule has 0 bridgehead atoms. The molecule has 2 aliphatic rings. The van der Waals surface area contributed by atoms with Crippen LogP contribution in [0.2, 0.25) is 0 Å². The molecular formula is C19H28N2O3. The van der Waals surface area contributed by atoms with Gasteiger partial charge in [0.25, 0.3) is 0 Å². The van der Waals surface area contributed by atoms with Crippen molar-refractivity contribution >= 4 is 5.91 Å². The Kier molecular flexibility index (Phi) is 4.72. The third-order valence-corrected chi connectivity index (χ3v) is 5.65. The first-order chi connectivity index (χ1) is 11.5. The first-order valence-corrected chi connectivity index (χ1v) is 8.70. The molecule has 0 spiro atoms. The van der Waals surface area contributed by atoms with Gasteiger partial charge in [0.2, 0.25) is 5.91 Å². The molecule has 2 fully saturated rings. The van der Waals surface area contributed by atoms with Crippen LogP contribution in [-0.4, -0.2) is 63.2 Å². The topological polar surface area (TPSA) is 42.0 Å². The summed E-state index contributed by atoms with van der Waals surface area (Å²) in [6.45, 7) is 2.12. The van der Waals surface area contributed by atoms with Crippen molar-refractivity contribution in [1.82, 2.24) is 9.80 Å². The van der Waals surface area contributed by atoms with Crippen molar-refractivity contribution in [2.75, 3.05) is 41.4 Å². The van der Waals surface area contributed by atoms with Crippen LogP contribution in [0.4, 0.5) is 0 Å². The van der Waals surface area contributed by atoms with Crippen molar-refractivity contribution in [2.24, 2.45) is 0 Å². The summed E-state index contributed by atoms with van der Waals surface area (Å²) < 4.78 is 10.7. The second-order valence-electron chi connectivity index (χ2n) is 7.10. The molecule has 1 aliphatic carbocycles. The third-order valence-electron chi connectivity index (χ3n) is 5.65. The summed E-state index contributed by atoms with van der Waals surface area (Å²) in [5.41, 5.74) is 0.683. The number of carbonyl (C=O) groups is 1. The van der Waals surface area contributed by atoms with Crippen molar-refractivity contribution in [2.45, 2.75) is 37.1 Å². The minimum absolute atomic E-state index is 0.254. The third kappa shape index (κ3) is 2.97. The van der Waals surface area contributed by atoms with Crippen LogP contribution in [0, 0.1) is 0 Å². The van der Waals surface area contributed by atoms with Gasteiger partial charge in [0.1, 0.15) is 0 Å². The average Bonchev–Trinajstić information content (AvgIpc) is 3.42. The fourth-order valence-electron chi connectivity index (χ4n) is 3.77. The predicted octanol–water partition coefficient (Wildman–Crippen LogP) is 2.29. The molecule has 1 saturated heterocycles. The van der Waals surface area contributed by atoms with Crippen molar-refractivity contribution < 1.29 is 14.3 Å². The molecule has 1 heterocycles. The van der Waals surface area contributed by atoms with E-state index in [9.17, 15) is 4.79 Å².